The predicted octanol–water partition coefficient (Wildman–Crippen LogP) is 2.16. The van der Waals surface area contributed by atoms with Crippen molar-refractivity contribution in [2.24, 2.45) is 0 Å². The molecule has 0 aliphatic rings. The first kappa shape index (κ1) is 14.8. The lowest BCUT2D eigenvalue weighted by Crippen LogP contribution is -2.26. The Labute approximate surface area is 121 Å². The molecule has 0 fully saturated rings. The molecule has 0 saturated carbocycles. The van der Waals surface area contributed by atoms with Crippen molar-refractivity contribution in [1.29, 1.82) is 0 Å². The van der Waals surface area contributed by atoms with Crippen LogP contribution in [-0.2, 0) is 9.59 Å². The number of carboxylic acids is 1. The summed E-state index contributed by atoms with van der Waals surface area (Å²) in [6, 6.07) is 7.34. The molecule has 1 aromatic carbocycles. The highest BCUT2D eigenvalue weighted by molar-refractivity contribution is 5.91. The van der Waals surface area contributed by atoms with E-state index >= 15 is 0 Å². The third-order valence-corrected chi connectivity index (χ3v) is 2.94. The maximum atomic E-state index is 11.8. The molecule has 21 heavy (non-hydrogen) atoms. The van der Waals surface area contributed by atoms with Crippen molar-refractivity contribution in [3.05, 3.63) is 36.2 Å². The molecule has 0 unspecified atom stereocenters. The van der Waals surface area contributed by atoms with Crippen LogP contribution in [0.1, 0.15) is 18.7 Å². The van der Waals surface area contributed by atoms with Gasteiger partial charge in [-0.05, 0) is 18.6 Å². The summed E-state index contributed by atoms with van der Waals surface area (Å²) in [5.41, 5.74) is 1.40. The number of hydrogen-bond acceptors (Lipinski definition) is 4. The smallest absolute Gasteiger partial charge is 0.303 e. The van der Waals surface area contributed by atoms with Crippen molar-refractivity contribution in [2.45, 2.75) is 12.8 Å². The van der Waals surface area contributed by atoms with Crippen LogP contribution in [0.3, 0.4) is 0 Å². The molecule has 6 heteroatoms. The Kier molecular flexibility index (Phi) is 4.71. The van der Waals surface area contributed by atoms with Crippen molar-refractivity contribution in [3.63, 3.8) is 0 Å². The molecule has 2 rings (SSSR count). The summed E-state index contributed by atoms with van der Waals surface area (Å²) < 4.78 is 5.46. The molecule has 0 radical (unpaired) electrons. The zero-order valence-electron chi connectivity index (χ0n) is 11.7. The SMILES string of the molecule is CN(CCCC(=O)O)C(=O)/C=C/c1nc2ccccc2o1. The Morgan fingerprint density at radius 2 is 2.14 bits per heavy atom. The highest BCUT2D eigenvalue weighted by atomic mass is 16.4. The van der Waals surface area contributed by atoms with Crippen LogP contribution in [0.4, 0.5) is 0 Å². The van der Waals surface area contributed by atoms with E-state index in [0.717, 1.165) is 5.52 Å². The van der Waals surface area contributed by atoms with Crippen LogP contribution in [0, 0.1) is 0 Å². The number of benzene rings is 1. The number of oxazole rings is 1. The third kappa shape index (κ3) is 4.17. The first-order valence-electron chi connectivity index (χ1n) is 6.57. The fourth-order valence-corrected chi connectivity index (χ4v) is 1.81. The van der Waals surface area contributed by atoms with E-state index in [9.17, 15) is 9.59 Å². The zero-order chi connectivity index (χ0) is 15.2. The lowest BCUT2D eigenvalue weighted by atomic mass is 10.3. The van der Waals surface area contributed by atoms with E-state index in [4.69, 9.17) is 9.52 Å². The number of rotatable bonds is 6. The van der Waals surface area contributed by atoms with E-state index in [0.29, 0.717) is 24.4 Å². The van der Waals surface area contributed by atoms with Crippen LogP contribution in [0.5, 0.6) is 0 Å². The first-order chi connectivity index (χ1) is 10.1. The van der Waals surface area contributed by atoms with Crippen LogP contribution >= 0.6 is 0 Å². The Hall–Kier alpha value is -2.63. The van der Waals surface area contributed by atoms with Crippen LogP contribution in [0.2, 0.25) is 0 Å². The number of carbonyl (C=O) groups is 2. The second kappa shape index (κ2) is 6.69. The van der Waals surface area contributed by atoms with Crippen molar-refractivity contribution in [2.75, 3.05) is 13.6 Å². The molecule has 1 N–H and O–H groups in total. The second-order valence-corrected chi connectivity index (χ2v) is 4.61. The zero-order valence-corrected chi connectivity index (χ0v) is 11.7. The van der Waals surface area contributed by atoms with Gasteiger partial charge in [0.25, 0.3) is 0 Å². The molecule has 0 saturated heterocycles. The fraction of sp³-hybridized carbons (Fsp3) is 0.267. The number of carbonyl (C=O) groups excluding carboxylic acids is 1. The number of likely N-dealkylation sites (N-methyl/N-ethyl adjacent to an activating group) is 1. The van der Waals surface area contributed by atoms with Crippen LogP contribution in [0.25, 0.3) is 17.2 Å². The van der Waals surface area contributed by atoms with Gasteiger partial charge in [0.1, 0.15) is 5.52 Å². The molecule has 110 valence electrons. The third-order valence-electron chi connectivity index (χ3n) is 2.94. The molecule has 0 aliphatic carbocycles. The Bertz CT molecular complexity index is 642. The summed E-state index contributed by atoms with van der Waals surface area (Å²) in [5.74, 6) is -0.719. The largest absolute Gasteiger partial charge is 0.481 e. The number of fused-ring (bicyclic) bond motifs is 1. The average molecular weight is 288 g/mol. The highest BCUT2D eigenvalue weighted by Crippen LogP contribution is 2.15. The normalized spacial score (nSPS) is 11.1. The second-order valence-electron chi connectivity index (χ2n) is 4.61. The number of para-hydroxylation sites is 2. The minimum atomic E-state index is -0.863. The van der Waals surface area contributed by atoms with Gasteiger partial charge in [-0.2, -0.15) is 0 Å². The minimum absolute atomic E-state index is 0.0481. The molecular weight excluding hydrogens is 272 g/mol. The molecule has 6 nitrogen and oxygen atoms in total. The van der Waals surface area contributed by atoms with E-state index < -0.39 is 5.97 Å². The number of aliphatic carboxylic acids is 1. The fourth-order valence-electron chi connectivity index (χ4n) is 1.81. The lowest BCUT2D eigenvalue weighted by molar-refractivity contribution is -0.137. The van der Waals surface area contributed by atoms with Crippen LogP contribution in [0.15, 0.2) is 34.8 Å². The molecule has 1 aromatic heterocycles. The molecule has 0 aliphatic heterocycles. The average Bonchev–Trinajstić information content (AvgIpc) is 2.87. The van der Waals surface area contributed by atoms with E-state index in [2.05, 4.69) is 4.98 Å². The van der Waals surface area contributed by atoms with E-state index in [1.165, 1.54) is 17.1 Å². The van der Waals surface area contributed by atoms with Gasteiger partial charge in [0.2, 0.25) is 11.8 Å². The summed E-state index contributed by atoms with van der Waals surface area (Å²) in [7, 11) is 1.63. The van der Waals surface area contributed by atoms with Crippen molar-refractivity contribution >= 4 is 29.1 Å². The van der Waals surface area contributed by atoms with Gasteiger partial charge in [-0.3, -0.25) is 9.59 Å². The van der Waals surface area contributed by atoms with E-state index in [1.807, 2.05) is 18.2 Å². The van der Waals surface area contributed by atoms with Gasteiger partial charge in [0.05, 0.1) is 0 Å². The molecule has 0 spiro atoms. The topological polar surface area (TPSA) is 83.6 Å². The summed E-state index contributed by atoms with van der Waals surface area (Å²) in [6.07, 6.45) is 3.35. The van der Waals surface area contributed by atoms with Crippen molar-refractivity contribution in [3.8, 4) is 0 Å². The maximum Gasteiger partial charge on any atom is 0.303 e. The van der Waals surface area contributed by atoms with Gasteiger partial charge in [-0.25, -0.2) is 4.98 Å². The number of amides is 1. The molecule has 0 bridgehead atoms. The van der Waals surface area contributed by atoms with Gasteiger partial charge in [-0.1, -0.05) is 12.1 Å². The predicted molar refractivity (Wildman–Crippen MR) is 77.5 cm³/mol. The molecule has 1 amide bonds. The highest BCUT2D eigenvalue weighted by Gasteiger charge is 2.07. The Morgan fingerprint density at radius 1 is 1.38 bits per heavy atom. The van der Waals surface area contributed by atoms with Crippen molar-refractivity contribution in [1.82, 2.24) is 9.88 Å². The standard InChI is InChI=1S/C15H16N2O4/c1-17(10-4-7-15(19)20)14(18)9-8-13-16-11-5-2-3-6-12(11)21-13/h2-3,5-6,8-9H,4,7,10H2,1H3,(H,19,20)/b9-8+. The summed E-state index contributed by atoms with van der Waals surface area (Å²) in [5, 5.41) is 8.55. The minimum Gasteiger partial charge on any atom is -0.481 e. The first-order valence-corrected chi connectivity index (χ1v) is 6.57. The maximum absolute atomic E-state index is 11.8. The monoisotopic (exact) mass is 288 g/mol. The van der Waals surface area contributed by atoms with Crippen molar-refractivity contribution < 1.29 is 19.1 Å². The summed E-state index contributed by atoms with van der Waals surface area (Å²) in [6.45, 7) is 0.392. The van der Waals surface area contributed by atoms with Crippen LogP contribution < -0.4 is 0 Å². The van der Waals surface area contributed by atoms with Gasteiger partial charge < -0.3 is 14.4 Å². The molecule has 1 heterocycles. The van der Waals surface area contributed by atoms with Gasteiger partial charge >= 0.3 is 5.97 Å². The number of aromatic nitrogens is 1. The summed E-state index contributed by atoms with van der Waals surface area (Å²) in [4.78, 5) is 27.9. The lowest BCUT2D eigenvalue weighted by Gasteiger charge is -2.13. The Balaban J connectivity index is 1.93. The number of carboxylic acid groups (broad SMARTS) is 1. The molecule has 0 atom stereocenters. The van der Waals surface area contributed by atoms with E-state index in [-0.39, 0.29) is 12.3 Å². The molecular formula is C15H16N2O4. The van der Waals surface area contributed by atoms with Crippen LogP contribution in [-0.4, -0.2) is 40.5 Å². The number of nitrogens with zero attached hydrogens (tertiary/aromatic N) is 2. The van der Waals surface area contributed by atoms with Gasteiger partial charge in [0, 0.05) is 32.2 Å². The number of hydrogen-bond donors (Lipinski definition) is 1. The van der Waals surface area contributed by atoms with Gasteiger partial charge in [-0.15, -0.1) is 0 Å². The van der Waals surface area contributed by atoms with Gasteiger partial charge in [0.15, 0.2) is 5.58 Å². The molecule has 2 aromatic rings. The Morgan fingerprint density at radius 3 is 2.86 bits per heavy atom. The quantitative estimate of drug-likeness (QED) is 0.823. The van der Waals surface area contributed by atoms with E-state index in [1.54, 1.807) is 13.1 Å². The summed E-state index contributed by atoms with van der Waals surface area (Å²) >= 11 is 0.